The minimum atomic E-state index is -4.46. The number of ether oxygens (including phenoxy) is 2. The van der Waals surface area contributed by atoms with E-state index in [4.69, 9.17) is 27.0 Å². The van der Waals surface area contributed by atoms with Gasteiger partial charge in [0.05, 0.1) is 18.1 Å². The summed E-state index contributed by atoms with van der Waals surface area (Å²) in [4.78, 5) is 1.49. The van der Waals surface area contributed by atoms with Crippen LogP contribution >= 0.6 is 12.2 Å². The van der Waals surface area contributed by atoms with Crippen LogP contribution < -0.4 is 19.7 Å². The number of anilines is 1. The average Bonchev–Trinajstić information content (AvgIpc) is 3.14. The molecule has 9 heteroatoms. The van der Waals surface area contributed by atoms with E-state index in [0.717, 1.165) is 17.7 Å². The van der Waals surface area contributed by atoms with Gasteiger partial charge in [-0.05, 0) is 48.1 Å². The van der Waals surface area contributed by atoms with Crippen LogP contribution in [0.2, 0.25) is 0 Å². The van der Waals surface area contributed by atoms with Gasteiger partial charge in [0.25, 0.3) is 0 Å². The largest absolute Gasteiger partial charge is 0.454 e. The van der Waals surface area contributed by atoms with Gasteiger partial charge in [-0.25, -0.2) is 0 Å². The normalized spacial score (nSPS) is 12.4. The Bertz CT molecular complexity index is 912. The predicted molar refractivity (Wildman–Crippen MR) is 101 cm³/mol. The van der Waals surface area contributed by atoms with E-state index in [1.165, 1.54) is 17.0 Å². The molecule has 1 aliphatic rings. The Morgan fingerprint density at radius 1 is 1.18 bits per heavy atom. The minimum absolute atomic E-state index is 0.113. The van der Waals surface area contributed by atoms with Gasteiger partial charge in [-0.15, -0.1) is 0 Å². The summed E-state index contributed by atoms with van der Waals surface area (Å²) in [5.74, 6) is 1.29. The van der Waals surface area contributed by atoms with Crippen molar-refractivity contribution < 1.29 is 22.6 Å². The molecule has 0 unspecified atom stereocenters. The Balaban J connectivity index is 1.74. The highest BCUT2D eigenvalue weighted by Crippen LogP contribution is 2.33. The monoisotopic (exact) mass is 407 g/mol. The third-order valence-electron chi connectivity index (χ3n) is 4.06. The highest BCUT2D eigenvalue weighted by molar-refractivity contribution is 7.80. The summed E-state index contributed by atoms with van der Waals surface area (Å²) in [5, 5.41) is 12.1. The smallest absolute Gasteiger partial charge is 0.416 e. The van der Waals surface area contributed by atoms with Crippen molar-refractivity contribution >= 4 is 23.0 Å². The SMILES string of the molecule is N#CCCN(C(=S)NCc1ccc2c(c1)OCO2)c1cccc(C(F)(F)F)c1. The molecule has 0 amide bonds. The van der Waals surface area contributed by atoms with Crippen molar-refractivity contribution in [2.24, 2.45) is 0 Å². The van der Waals surface area contributed by atoms with E-state index in [1.54, 1.807) is 6.07 Å². The van der Waals surface area contributed by atoms with Gasteiger partial charge in [0.15, 0.2) is 16.6 Å². The molecule has 0 radical (unpaired) electrons. The second kappa shape index (κ2) is 8.35. The maximum Gasteiger partial charge on any atom is 0.416 e. The first-order valence-corrected chi connectivity index (χ1v) is 8.77. The van der Waals surface area contributed by atoms with Crippen molar-refractivity contribution in [3.8, 4) is 17.6 Å². The molecule has 0 aliphatic carbocycles. The average molecular weight is 407 g/mol. The number of thiocarbonyl (C=S) groups is 1. The molecule has 0 bridgehead atoms. The number of rotatable bonds is 5. The minimum Gasteiger partial charge on any atom is -0.454 e. The van der Waals surface area contributed by atoms with Crippen LogP contribution in [0.1, 0.15) is 17.5 Å². The molecule has 2 aromatic carbocycles. The van der Waals surface area contributed by atoms with Gasteiger partial charge in [-0.3, -0.25) is 0 Å². The lowest BCUT2D eigenvalue weighted by atomic mass is 10.1. The number of nitrogens with zero attached hydrogens (tertiary/aromatic N) is 2. The lowest BCUT2D eigenvalue weighted by molar-refractivity contribution is -0.137. The molecule has 0 saturated carbocycles. The van der Waals surface area contributed by atoms with Crippen LogP contribution in [0.5, 0.6) is 11.5 Å². The van der Waals surface area contributed by atoms with Crippen molar-refractivity contribution in [3.05, 3.63) is 53.6 Å². The van der Waals surface area contributed by atoms with Crippen LogP contribution in [0.15, 0.2) is 42.5 Å². The van der Waals surface area contributed by atoms with Gasteiger partial charge >= 0.3 is 6.18 Å². The summed E-state index contributed by atoms with van der Waals surface area (Å²) in [5.41, 5.74) is 0.370. The van der Waals surface area contributed by atoms with Crippen molar-refractivity contribution in [2.75, 3.05) is 18.2 Å². The van der Waals surface area contributed by atoms with Crippen LogP contribution in [0.4, 0.5) is 18.9 Å². The number of halogens is 3. The number of alkyl halides is 3. The fraction of sp³-hybridized carbons (Fsp3) is 0.263. The summed E-state index contributed by atoms with van der Waals surface area (Å²) in [6, 6.07) is 12.3. The van der Waals surface area contributed by atoms with E-state index in [9.17, 15) is 13.2 Å². The highest BCUT2D eigenvalue weighted by Gasteiger charge is 2.31. The second-order valence-corrected chi connectivity index (χ2v) is 6.34. The number of hydrogen-bond acceptors (Lipinski definition) is 4. The Morgan fingerprint density at radius 3 is 2.71 bits per heavy atom. The molecule has 3 rings (SSSR count). The van der Waals surface area contributed by atoms with E-state index in [2.05, 4.69) is 5.32 Å². The fourth-order valence-electron chi connectivity index (χ4n) is 2.68. The first-order valence-electron chi connectivity index (χ1n) is 8.36. The van der Waals surface area contributed by atoms with E-state index in [1.807, 2.05) is 18.2 Å². The summed E-state index contributed by atoms with van der Waals surface area (Å²) < 4.78 is 49.6. The second-order valence-electron chi connectivity index (χ2n) is 5.95. The topological polar surface area (TPSA) is 57.5 Å². The van der Waals surface area contributed by atoms with Crippen molar-refractivity contribution in [1.29, 1.82) is 5.26 Å². The highest BCUT2D eigenvalue weighted by atomic mass is 32.1. The molecule has 0 fully saturated rings. The molecule has 146 valence electrons. The van der Waals surface area contributed by atoms with Crippen molar-refractivity contribution in [2.45, 2.75) is 19.1 Å². The van der Waals surface area contributed by atoms with Gasteiger partial charge in [0.2, 0.25) is 6.79 Å². The van der Waals surface area contributed by atoms with Gasteiger partial charge in [0.1, 0.15) is 0 Å². The van der Waals surface area contributed by atoms with E-state index < -0.39 is 11.7 Å². The zero-order chi connectivity index (χ0) is 20.1. The molecule has 1 N–H and O–H groups in total. The third kappa shape index (κ3) is 4.64. The van der Waals surface area contributed by atoms with E-state index in [0.29, 0.717) is 18.0 Å². The summed E-state index contributed by atoms with van der Waals surface area (Å²) >= 11 is 5.37. The molecule has 0 spiro atoms. The maximum atomic E-state index is 13.0. The quantitative estimate of drug-likeness (QED) is 0.749. The van der Waals surface area contributed by atoms with Crippen molar-refractivity contribution in [3.63, 3.8) is 0 Å². The molecule has 0 saturated heterocycles. The number of nitrogens with one attached hydrogen (secondary N) is 1. The van der Waals surface area contributed by atoms with Crippen LogP contribution in [-0.4, -0.2) is 18.5 Å². The number of benzene rings is 2. The molecule has 5 nitrogen and oxygen atoms in total. The molecule has 0 atom stereocenters. The van der Waals surface area contributed by atoms with Crippen LogP contribution in [0.25, 0.3) is 0 Å². The van der Waals surface area contributed by atoms with Crippen LogP contribution in [0, 0.1) is 11.3 Å². The van der Waals surface area contributed by atoms with Crippen LogP contribution in [0.3, 0.4) is 0 Å². The first kappa shape index (κ1) is 19.8. The number of fused-ring (bicyclic) bond motifs is 1. The zero-order valence-corrected chi connectivity index (χ0v) is 15.4. The van der Waals surface area contributed by atoms with Gasteiger partial charge < -0.3 is 19.7 Å². The lowest BCUT2D eigenvalue weighted by Gasteiger charge is -2.26. The van der Waals surface area contributed by atoms with Gasteiger partial charge in [-0.2, -0.15) is 18.4 Å². The third-order valence-corrected chi connectivity index (χ3v) is 4.42. The van der Waals surface area contributed by atoms with E-state index >= 15 is 0 Å². The van der Waals surface area contributed by atoms with Crippen molar-refractivity contribution in [1.82, 2.24) is 5.32 Å². The molecule has 0 aromatic heterocycles. The Morgan fingerprint density at radius 2 is 1.96 bits per heavy atom. The Hall–Kier alpha value is -2.99. The molecular formula is C19H16F3N3O2S. The first-order chi connectivity index (χ1) is 13.4. The number of hydrogen-bond donors (Lipinski definition) is 1. The number of nitriles is 1. The fourth-order valence-corrected chi connectivity index (χ4v) is 2.95. The summed E-state index contributed by atoms with van der Waals surface area (Å²) in [6.07, 6.45) is -4.35. The Labute approximate surface area is 165 Å². The standard InChI is InChI=1S/C19H16F3N3O2S/c20-19(21,22)14-3-1-4-15(10-14)25(8-2-7-23)18(28)24-11-13-5-6-16-17(9-13)27-12-26-16/h1,3-6,9-10H,2,8,11-12H2,(H,24,28). The molecule has 2 aromatic rings. The Kier molecular flexibility index (Phi) is 5.90. The summed E-state index contributed by atoms with van der Waals surface area (Å²) in [7, 11) is 0. The van der Waals surface area contributed by atoms with Gasteiger partial charge in [-0.1, -0.05) is 12.1 Å². The zero-order valence-electron chi connectivity index (χ0n) is 14.6. The summed E-state index contributed by atoms with van der Waals surface area (Å²) in [6.45, 7) is 0.685. The maximum absolute atomic E-state index is 13.0. The van der Waals surface area contributed by atoms with E-state index in [-0.39, 0.29) is 30.6 Å². The molecule has 1 heterocycles. The van der Waals surface area contributed by atoms with Crippen LogP contribution in [-0.2, 0) is 12.7 Å². The molecule has 1 aliphatic heterocycles. The lowest BCUT2D eigenvalue weighted by Crippen LogP contribution is -2.40. The molecular weight excluding hydrogens is 391 g/mol. The molecule has 28 heavy (non-hydrogen) atoms. The predicted octanol–water partition coefficient (Wildman–Crippen LogP) is 4.23. The van der Waals surface area contributed by atoms with Gasteiger partial charge in [0, 0.05) is 18.8 Å².